The number of likely N-dealkylation sites (N-methyl/N-ethyl adjacent to an activating group) is 1. The fourth-order valence-electron chi connectivity index (χ4n) is 8.08. The molecule has 0 amide bonds. The molecule has 0 spiro atoms. The lowest BCUT2D eigenvalue weighted by Crippen LogP contribution is -2.28. The summed E-state index contributed by atoms with van der Waals surface area (Å²) in [7, 11) is -8.68. The van der Waals surface area contributed by atoms with E-state index in [1.54, 1.807) is 12.1 Å². The molecular weight excluding hydrogens is 725 g/mol. The molecule has 0 atom stereocenters. The Kier molecular flexibility index (Phi) is 10.4. The van der Waals surface area contributed by atoms with Gasteiger partial charge in [0.05, 0.1) is 15.2 Å². The molecule has 2 aliphatic heterocycles. The monoisotopic (exact) mass is 769 g/mol. The first-order valence-corrected chi connectivity index (χ1v) is 20.7. The second-order valence-electron chi connectivity index (χ2n) is 14.7. The Bertz CT molecular complexity index is 2580. The molecule has 12 heteroatoms. The minimum atomic E-state index is -4.36. The number of hydrogen-bond donors (Lipinski definition) is 3. The van der Waals surface area contributed by atoms with Crippen molar-refractivity contribution in [1.82, 2.24) is 0 Å². The molecule has 4 aromatic rings. The maximum Gasteiger partial charge on any atom is 0.303 e. The molecule has 54 heavy (non-hydrogen) atoms. The SMILES string of the molecule is CCN1/C(=C/C=C/C=C/C=C/C2=[N+](CCCCC(=O)O)c3ccc4cc(S(=O)(=O)O)ccc4c3C2(C)C)C(C)(C)c2c1ccc1cc(S(=O)(=O)O)ccc21. The van der Waals surface area contributed by atoms with Crippen LogP contribution in [0, 0.1) is 0 Å². The van der Waals surface area contributed by atoms with Gasteiger partial charge in [0, 0.05) is 53.9 Å². The molecule has 4 aromatic carbocycles. The number of nitrogens with zero attached hydrogens (tertiary/aromatic N) is 2. The van der Waals surface area contributed by atoms with Crippen molar-refractivity contribution >= 4 is 64.8 Å². The van der Waals surface area contributed by atoms with Crippen molar-refractivity contribution in [3.05, 3.63) is 120 Å². The first-order chi connectivity index (χ1) is 25.4. The van der Waals surface area contributed by atoms with Gasteiger partial charge in [-0.15, -0.1) is 0 Å². The number of anilines is 1. The van der Waals surface area contributed by atoms with E-state index in [-0.39, 0.29) is 21.6 Å². The summed E-state index contributed by atoms with van der Waals surface area (Å²) < 4.78 is 68.7. The maximum atomic E-state index is 11.9. The number of fused-ring (bicyclic) bond motifs is 6. The van der Waals surface area contributed by atoms with Crippen LogP contribution >= 0.6 is 0 Å². The van der Waals surface area contributed by atoms with E-state index in [0.717, 1.165) is 56.6 Å². The van der Waals surface area contributed by atoms with Gasteiger partial charge in [0.25, 0.3) is 20.2 Å². The van der Waals surface area contributed by atoms with Crippen LogP contribution in [0.2, 0.25) is 0 Å². The van der Waals surface area contributed by atoms with Crippen molar-refractivity contribution in [2.45, 2.75) is 74.5 Å². The Balaban J connectivity index is 1.27. The Labute approximate surface area is 316 Å². The van der Waals surface area contributed by atoms with Gasteiger partial charge < -0.3 is 10.0 Å². The average molecular weight is 770 g/mol. The highest BCUT2D eigenvalue weighted by molar-refractivity contribution is 7.86. The minimum absolute atomic E-state index is 0.0877. The van der Waals surface area contributed by atoms with Crippen LogP contribution in [-0.2, 0) is 35.9 Å². The first kappa shape index (κ1) is 38.8. The van der Waals surface area contributed by atoms with Crippen LogP contribution < -0.4 is 4.90 Å². The smallest absolute Gasteiger partial charge is 0.303 e. The molecule has 2 heterocycles. The number of carbonyl (C=O) groups is 1. The van der Waals surface area contributed by atoms with Gasteiger partial charge in [0.15, 0.2) is 5.71 Å². The fourth-order valence-corrected chi connectivity index (χ4v) is 9.11. The lowest BCUT2D eigenvalue weighted by molar-refractivity contribution is -0.438. The molecule has 0 bridgehead atoms. The summed E-state index contributed by atoms with van der Waals surface area (Å²) >= 11 is 0. The molecule has 0 radical (unpaired) electrons. The fraction of sp³-hybridized carbons (Fsp3) is 0.286. The average Bonchev–Trinajstić information content (AvgIpc) is 3.46. The molecule has 2 aliphatic rings. The van der Waals surface area contributed by atoms with Crippen LogP contribution in [-0.4, -0.2) is 60.4 Å². The summed E-state index contributed by atoms with van der Waals surface area (Å²) in [6.07, 6.45) is 15.3. The van der Waals surface area contributed by atoms with Crippen LogP contribution in [0.5, 0.6) is 0 Å². The van der Waals surface area contributed by atoms with Crippen molar-refractivity contribution in [3.8, 4) is 0 Å². The van der Waals surface area contributed by atoms with E-state index in [1.807, 2.05) is 54.6 Å². The number of unbranched alkanes of at least 4 members (excludes halogenated alkanes) is 1. The molecule has 282 valence electrons. The summed E-state index contributed by atoms with van der Waals surface area (Å²) in [6.45, 7) is 12.0. The summed E-state index contributed by atoms with van der Waals surface area (Å²) in [5, 5.41) is 12.4. The molecule has 0 unspecified atom stereocenters. The number of aliphatic carboxylic acids is 1. The van der Waals surface area contributed by atoms with Crippen LogP contribution in [0.25, 0.3) is 21.5 Å². The Morgan fingerprint density at radius 2 is 1.31 bits per heavy atom. The number of benzene rings is 4. The van der Waals surface area contributed by atoms with Crippen LogP contribution in [0.3, 0.4) is 0 Å². The van der Waals surface area contributed by atoms with Crippen molar-refractivity contribution in [2.75, 3.05) is 18.0 Å². The summed E-state index contributed by atoms with van der Waals surface area (Å²) in [4.78, 5) is 13.2. The third-order valence-electron chi connectivity index (χ3n) is 10.5. The Morgan fingerprint density at radius 3 is 1.91 bits per heavy atom. The molecule has 0 aliphatic carbocycles. The quantitative estimate of drug-likeness (QED) is 0.0558. The summed E-state index contributed by atoms with van der Waals surface area (Å²) in [6, 6.07) is 17.0. The molecule has 10 nitrogen and oxygen atoms in total. The van der Waals surface area contributed by atoms with Gasteiger partial charge in [-0.25, -0.2) is 0 Å². The van der Waals surface area contributed by atoms with E-state index in [4.69, 9.17) is 0 Å². The van der Waals surface area contributed by atoms with Crippen LogP contribution in [0.4, 0.5) is 11.4 Å². The van der Waals surface area contributed by atoms with E-state index >= 15 is 0 Å². The summed E-state index contributed by atoms with van der Waals surface area (Å²) in [5.74, 6) is -0.829. The second-order valence-corrected chi connectivity index (χ2v) is 17.5. The number of carboxylic acid groups (broad SMARTS) is 1. The van der Waals surface area contributed by atoms with Gasteiger partial charge in [-0.1, -0.05) is 62.4 Å². The lowest BCUT2D eigenvalue weighted by atomic mass is 9.79. The zero-order chi connectivity index (χ0) is 39.2. The minimum Gasteiger partial charge on any atom is -0.481 e. The molecule has 0 saturated carbocycles. The van der Waals surface area contributed by atoms with Crippen molar-refractivity contribution in [2.24, 2.45) is 0 Å². The predicted octanol–water partition coefficient (Wildman–Crippen LogP) is 8.49. The molecule has 0 aromatic heterocycles. The Hall–Kier alpha value is -4.88. The van der Waals surface area contributed by atoms with Gasteiger partial charge in [0.2, 0.25) is 5.69 Å². The maximum absolute atomic E-state index is 11.9. The lowest BCUT2D eigenvalue weighted by Gasteiger charge is -2.26. The number of rotatable bonds is 12. The van der Waals surface area contributed by atoms with E-state index in [1.165, 1.54) is 24.3 Å². The largest absolute Gasteiger partial charge is 0.481 e. The van der Waals surface area contributed by atoms with Gasteiger partial charge in [-0.3, -0.25) is 13.9 Å². The van der Waals surface area contributed by atoms with E-state index in [0.29, 0.717) is 24.8 Å². The van der Waals surface area contributed by atoms with Gasteiger partial charge >= 0.3 is 5.97 Å². The van der Waals surface area contributed by atoms with E-state index in [2.05, 4.69) is 56.2 Å². The zero-order valence-corrected chi connectivity index (χ0v) is 32.6. The van der Waals surface area contributed by atoms with Crippen LogP contribution in [0.15, 0.2) is 119 Å². The second kappa shape index (κ2) is 14.4. The van der Waals surface area contributed by atoms with Crippen molar-refractivity contribution in [1.29, 1.82) is 0 Å². The molecule has 0 saturated heterocycles. The number of hydrogen-bond acceptors (Lipinski definition) is 6. The summed E-state index contributed by atoms with van der Waals surface area (Å²) in [5.41, 5.74) is 5.42. The highest BCUT2D eigenvalue weighted by Gasteiger charge is 2.45. The molecule has 6 rings (SSSR count). The predicted molar refractivity (Wildman–Crippen MR) is 213 cm³/mol. The van der Waals surface area contributed by atoms with Crippen molar-refractivity contribution < 1.29 is 40.4 Å². The van der Waals surface area contributed by atoms with E-state index in [9.17, 15) is 35.8 Å². The highest BCUT2D eigenvalue weighted by Crippen LogP contribution is 2.51. The number of carboxylic acids is 1. The zero-order valence-electron chi connectivity index (χ0n) is 30.9. The van der Waals surface area contributed by atoms with Gasteiger partial charge in [-0.2, -0.15) is 21.4 Å². The standard InChI is InChI=1S/C42H44N2O8S2/c1-6-43-34-23-17-28-26-30(53(47,48)49)19-21-32(28)39(34)41(2,3)36(43)14-10-8-7-9-11-15-37-42(4,5)40-33-22-20-31(54(50,51)52)27-29(33)18-24-35(40)44(37)25-13-12-16-38(45)46/h7-11,14-15,17-24,26-27H,6,12-13,16,25H2,1-5H3,(H2-,45,46,47,48,49,50,51,52)/p+1. The first-order valence-electron chi connectivity index (χ1n) is 17.8. The molecular formula is C42H45N2O8S2+. The normalized spacial score (nSPS) is 17.6. The Morgan fingerprint density at radius 1 is 0.741 bits per heavy atom. The third kappa shape index (κ3) is 7.18. The third-order valence-corrected chi connectivity index (χ3v) is 12.2. The highest BCUT2D eigenvalue weighted by atomic mass is 32.2. The van der Waals surface area contributed by atoms with Crippen LogP contribution in [0.1, 0.15) is 65.0 Å². The van der Waals surface area contributed by atoms with Crippen molar-refractivity contribution in [3.63, 3.8) is 0 Å². The topological polar surface area (TPSA) is 152 Å². The number of allylic oxidation sites excluding steroid dienone is 8. The molecule has 3 N–H and O–H groups in total. The van der Waals surface area contributed by atoms with Gasteiger partial charge in [-0.05, 0) is 96.8 Å². The molecule has 0 fully saturated rings. The van der Waals surface area contributed by atoms with E-state index < -0.39 is 31.6 Å². The van der Waals surface area contributed by atoms with Gasteiger partial charge in [0.1, 0.15) is 6.54 Å².